The van der Waals surface area contributed by atoms with Gasteiger partial charge in [-0.15, -0.1) is 0 Å². The van der Waals surface area contributed by atoms with Crippen molar-refractivity contribution in [3.05, 3.63) is 235 Å². The highest BCUT2D eigenvalue weighted by Gasteiger charge is 2.48. The Kier molecular flexibility index (Phi) is 50.9. The molecule has 0 unspecified atom stereocenters. The Morgan fingerprint density at radius 1 is 0.227 bits per heavy atom. The van der Waals surface area contributed by atoms with Gasteiger partial charge in [-0.05, 0) is 143 Å². The molecule has 0 atom stereocenters. The average Bonchev–Trinajstić information content (AvgIpc) is 0.774. The molecule has 0 saturated heterocycles. The quantitative estimate of drug-likeness (QED) is 0.0353. The van der Waals surface area contributed by atoms with Crippen molar-refractivity contribution in [2.75, 3.05) is 49.3 Å². The lowest BCUT2D eigenvalue weighted by molar-refractivity contribution is 0.618. The fourth-order valence-corrected chi connectivity index (χ4v) is 115. The van der Waals surface area contributed by atoms with Crippen molar-refractivity contribution in [1.82, 2.24) is 25.7 Å². The predicted octanol–water partition coefficient (Wildman–Crippen LogP) is 32.7. The van der Waals surface area contributed by atoms with E-state index in [0.717, 1.165) is 0 Å². The van der Waals surface area contributed by atoms with Crippen LogP contribution in [0.5, 0.6) is 0 Å². The molecule has 0 spiro atoms. The van der Waals surface area contributed by atoms with Gasteiger partial charge in [-0.1, -0.05) is 540 Å². The van der Waals surface area contributed by atoms with Gasteiger partial charge >= 0.3 is 0 Å². The Balaban J connectivity index is 0.000000794. The normalized spacial score (nSPS) is 13.4. The van der Waals surface area contributed by atoms with Crippen LogP contribution in [-0.4, -0.2) is 214 Å². The molecule has 132 heavy (non-hydrogen) atoms. The minimum atomic E-state index is -1.45. The van der Waals surface area contributed by atoms with Gasteiger partial charge in [0.05, 0.1) is 48.4 Å². The minimum Gasteiger partial charge on any atom is -0.369 e. The van der Waals surface area contributed by atoms with Gasteiger partial charge < -0.3 is 25.7 Å². The standard InChI is InChI=1S/2C20H41NSi4.C19H37NSi3.2C17H31NSi2.C16H29NSi2/c1-12-19-14-13-15-20(18-19)24(8,9)16-17-25(10,11)21(22(2,3)4)23(5,6)7;1-12-19-15-13-14-16-20(19)24(8,9)17-18-25(10,11)21(22(2,3)4)23(5,6)7;1-10-18-13-11-12-14-19(18)17-22(6,7)15-16-23(8,9)20(2)21(3,4)5;1-8-16-9-11-17(12-10-16)15-19(4,5)13-14-20(6,7)18(2)3;1-8-16-10-9-11-17(14-16)15-19(4,5)12-13-20(6,7)18(2)3;1-8-15-9-11-16(12-10-15)18(4,5)13-14-19(6,7)17(2)3/h12-15,18H,1,16-17H2,2-11H3;12-16H,1,17-18H2,2-11H3;10-14H,1,15-17H2,2-9H3;8-12H,1,13-15H2,2-7H3;8-11,14H,1,12-13,15H2,2-7H3;8-12H,1,13-14H2,2-7H3. The topological polar surface area (TPSA) is 19.4 Å². The van der Waals surface area contributed by atoms with Gasteiger partial charge in [0.25, 0.3) is 0 Å². The summed E-state index contributed by atoms with van der Waals surface area (Å²) in [7, 11) is -5.83. The Labute approximate surface area is 839 Å². The lowest BCUT2D eigenvalue weighted by Gasteiger charge is -2.53. The van der Waals surface area contributed by atoms with Crippen molar-refractivity contribution in [2.24, 2.45) is 0 Å². The predicted molar refractivity (Wildman–Crippen MR) is 666 cm³/mol. The van der Waals surface area contributed by atoms with Gasteiger partial charge in [-0.3, -0.25) is 0 Å². The lowest BCUT2D eigenvalue weighted by atomic mass is 10.1. The number of hydrogen-bond donors (Lipinski definition) is 0. The molecule has 23 heteroatoms. The molecule has 0 aliphatic heterocycles. The zero-order chi connectivity index (χ0) is 103. The molecule has 6 aromatic rings. The molecule has 0 fully saturated rings. The van der Waals surface area contributed by atoms with Crippen molar-refractivity contribution in [2.45, 2.75) is 346 Å². The number of hydrogen-bond acceptors (Lipinski definition) is 6. The summed E-state index contributed by atoms with van der Waals surface area (Å²) in [5.74, 6) is 0. The summed E-state index contributed by atoms with van der Waals surface area (Å²) in [4.78, 5) is 0. The van der Waals surface area contributed by atoms with Gasteiger partial charge in [-0.2, -0.15) is 0 Å². The monoisotopic (exact) mass is 2080 g/mol. The van der Waals surface area contributed by atoms with Crippen LogP contribution in [0.1, 0.15) is 50.1 Å². The summed E-state index contributed by atoms with van der Waals surface area (Å²) in [5.41, 5.74) is 12.1. The molecule has 0 aromatic heterocycles. The molecule has 0 amide bonds. The number of nitrogens with zero attached hydrogens (tertiary/aromatic N) is 6. The van der Waals surface area contributed by atoms with Crippen LogP contribution in [0.15, 0.2) is 185 Å². The van der Waals surface area contributed by atoms with E-state index in [1.165, 1.54) is 141 Å². The third-order valence-corrected chi connectivity index (χ3v) is 106. The summed E-state index contributed by atoms with van der Waals surface area (Å²) < 4.78 is 16.5. The van der Waals surface area contributed by atoms with Gasteiger partial charge in [0.15, 0.2) is 0 Å². The van der Waals surface area contributed by atoms with E-state index in [-0.39, 0.29) is 0 Å². The van der Waals surface area contributed by atoms with E-state index in [9.17, 15) is 0 Å². The van der Waals surface area contributed by atoms with Crippen LogP contribution < -0.4 is 15.6 Å². The second-order valence-corrected chi connectivity index (χ2v) is 139. The average molecular weight is 2080 g/mol. The van der Waals surface area contributed by atoms with Crippen LogP contribution in [0.4, 0.5) is 0 Å². The maximum Gasteiger partial charge on any atom is 0.121 e. The van der Waals surface area contributed by atoms with E-state index in [4.69, 9.17) is 0 Å². The molecular weight excluding hydrogens is 1870 g/mol. The van der Waals surface area contributed by atoms with Crippen molar-refractivity contribution in [3.8, 4) is 0 Å². The SMILES string of the molecule is C=Cc1ccc(C[Si](C)(C)CC[Si](C)(C)N(C)C)cc1.C=Cc1ccc([Si](C)(C)CC[Si](C)(C)N(C)C)cc1.C=Cc1cccc(C[Si](C)(C)CC[Si](C)(C)N(C)C)c1.C=Cc1cccc([Si](C)(C)CC[Si](C)(C)N([Si](C)(C)C)[Si](C)(C)C)c1.C=Cc1ccccc1C[Si](C)(C)CC[Si](C)(C)N(C)[Si](C)(C)C.C=Cc1ccccc1[Si](C)(C)CC[Si](C)(C)N([Si](C)(C)C)[Si](C)(C)C. The highest BCUT2D eigenvalue weighted by atomic mass is 28.5. The summed E-state index contributed by atoms with van der Waals surface area (Å²) in [5, 5.41) is 4.74. The Bertz CT molecular complexity index is 4450. The fraction of sp³-hybridized carbons (Fsp3) is 0.560. The molecule has 0 aliphatic carbocycles. The molecule has 6 aromatic carbocycles. The van der Waals surface area contributed by atoms with Crippen LogP contribution in [0.2, 0.25) is 328 Å². The lowest BCUT2D eigenvalue weighted by Crippen LogP contribution is -2.70. The molecule has 0 heterocycles. The second kappa shape index (κ2) is 52.8. The van der Waals surface area contributed by atoms with Gasteiger partial charge in [-0.25, -0.2) is 0 Å². The zero-order valence-corrected chi connectivity index (χ0v) is 112. The fourth-order valence-electron chi connectivity index (χ4n) is 19.7. The zero-order valence-electron chi connectivity index (χ0n) is 95.4. The van der Waals surface area contributed by atoms with Gasteiger partial charge in [0, 0.05) is 0 Å². The first-order chi connectivity index (χ1) is 59.6. The summed E-state index contributed by atoms with van der Waals surface area (Å²) >= 11 is 0. The summed E-state index contributed by atoms with van der Waals surface area (Å²) in [6.45, 7) is 122. The highest BCUT2D eigenvalue weighted by molar-refractivity contribution is 7.06. The van der Waals surface area contributed by atoms with E-state index >= 15 is 0 Å². The molecule has 0 saturated carbocycles. The summed E-state index contributed by atoms with van der Waals surface area (Å²) in [6.07, 6.45) is 11.8. The first-order valence-corrected chi connectivity index (χ1v) is 106. The maximum absolute atomic E-state index is 4.04. The molecule has 0 radical (unpaired) electrons. The summed E-state index contributed by atoms with van der Waals surface area (Å²) in [6, 6.07) is 74.5. The van der Waals surface area contributed by atoms with Gasteiger partial charge in [0.1, 0.15) is 90.6 Å². The minimum absolute atomic E-state index is 1.15. The van der Waals surface area contributed by atoms with Crippen molar-refractivity contribution in [3.63, 3.8) is 0 Å². The van der Waals surface area contributed by atoms with Crippen LogP contribution in [0.25, 0.3) is 36.5 Å². The Morgan fingerprint density at radius 2 is 0.538 bits per heavy atom. The van der Waals surface area contributed by atoms with E-state index < -0.39 is 139 Å². The number of benzene rings is 6. The van der Waals surface area contributed by atoms with Crippen molar-refractivity contribution >= 4 is 191 Å². The van der Waals surface area contributed by atoms with Crippen molar-refractivity contribution < 1.29 is 0 Å². The largest absolute Gasteiger partial charge is 0.369 e. The van der Waals surface area contributed by atoms with Crippen LogP contribution in [0, 0.1) is 0 Å². The highest BCUT2D eigenvalue weighted by Crippen LogP contribution is 2.37. The number of rotatable bonds is 44. The first kappa shape index (κ1) is 127. The van der Waals surface area contributed by atoms with Crippen LogP contribution in [-0.2, 0) is 18.1 Å². The van der Waals surface area contributed by atoms with E-state index in [2.05, 4.69) is 515 Å². The smallest absolute Gasteiger partial charge is 0.121 e. The molecule has 6 nitrogen and oxygen atoms in total. The van der Waals surface area contributed by atoms with E-state index in [0.29, 0.717) is 0 Å². The van der Waals surface area contributed by atoms with Crippen molar-refractivity contribution in [1.29, 1.82) is 0 Å². The van der Waals surface area contributed by atoms with Crippen LogP contribution >= 0.6 is 0 Å². The Morgan fingerprint density at radius 3 is 0.909 bits per heavy atom. The molecule has 6 rings (SSSR count). The third kappa shape index (κ3) is 45.0. The molecule has 0 aliphatic rings. The Hall–Kier alpha value is -2.79. The molecular formula is C109H210N6Si17. The van der Waals surface area contributed by atoms with E-state index in [1.54, 1.807) is 15.6 Å². The molecule has 0 bridgehead atoms. The molecule has 0 N–H and O–H groups in total. The third-order valence-electron chi connectivity index (χ3n) is 29.2. The van der Waals surface area contributed by atoms with E-state index in [1.807, 2.05) is 36.5 Å². The molecule has 744 valence electrons. The first-order valence-electron chi connectivity index (χ1n) is 50.3. The second-order valence-electron chi connectivity index (χ2n) is 52.6. The van der Waals surface area contributed by atoms with Crippen LogP contribution in [0.3, 0.4) is 0 Å². The van der Waals surface area contributed by atoms with Gasteiger partial charge in [0.2, 0.25) is 0 Å². The maximum atomic E-state index is 4.04.